The van der Waals surface area contributed by atoms with Crippen molar-refractivity contribution < 1.29 is 13.3 Å². The molecule has 1 rings (SSSR count). The van der Waals surface area contributed by atoms with Gasteiger partial charge in [-0.1, -0.05) is 31.2 Å². The second-order valence-corrected chi connectivity index (χ2v) is 8.63. The van der Waals surface area contributed by atoms with Crippen molar-refractivity contribution in [3.63, 3.8) is 0 Å². The Labute approximate surface area is 138 Å². The van der Waals surface area contributed by atoms with Gasteiger partial charge in [0.25, 0.3) is 0 Å². The SMILES string of the molecule is CCO[Si](OCC)(OCC)C(C)c1ccc(C(Cl)Cl)cc1. The normalized spacial score (nSPS) is 13.7. The van der Waals surface area contributed by atoms with Crippen molar-refractivity contribution in [2.24, 2.45) is 0 Å². The first-order chi connectivity index (χ1) is 10.0. The van der Waals surface area contributed by atoms with Crippen LogP contribution in [0.25, 0.3) is 0 Å². The Morgan fingerprint density at radius 1 is 0.857 bits per heavy atom. The molecule has 1 unspecified atom stereocenters. The second-order valence-electron chi connectivity index (χ2n) is 4.59. The largest absolute Gasteiger partial charge is 0.508 e. The maximum Gasteiger partial charge on any atom is 0.508 e. The summed E-state index contributed by atoms with van der Waals surface area (Å²) in [5.41, 5.74) is 2.04. The fraction of sp³-hybridized carbons (Fsp3) is 0.600. The van der Waals surface area contributed by atoms with Crippen molar-refractivity contribution in [3.8, 4) is 0 Å². The summed E-state index contributed by atoms with van der Waals surface area (Å²) in [6.07, 6.45) is 0. The van der Waals surface area contributed by atoms with Crippen LogP contribution in [0.15, 0.2) is 24.3 Å². The molecule has 21 heavy (non-hydrogen) atoms. The third-order valence-electron chi connectivity index (χ3n) is 3.26. The maximum absolute atomic E-state index is 5.95. The van der Waals surface area contributed by atoms with Crippen LogP contribution in [0.2, 0.25) is 0 Å². The van der Waals surface area contributed by atoms with Crippen LogP contribution >= 0.6 is 23.2 Å². The van der Waals surface area contributed by atoms with Gasteiger partial charge in [0.05, 0.1) is 5.54 Å². The topological polar surface area (TPSA) is 27.7 Å². The van der Waals surface area contributed by atoms with E-state index in [4.69, 9.17) is 36.5 Å². The Morgan fingerprint density at radius 3 is 1.57 bits per heavy atom. The molecule has 0 saturated heterocycles. The van der Waals surface area contributed by atoms with E-state index in [9.17, 15) is 0 Å². The number of halogens is 2. The molecule has 0 aliphatic carbocycles. The monoisotopic (exact) mass is 350 g/mol. The van der Waals surface area contributed by atoms with E-state index in [1.54, 1.807) is 0 Å². The van der Waals surface area contributed by atoms with Crippen LogP contribution in [0.5, 0.6) is 0 Å². The lowest BCUT2D eigenvalue weighted by Crippen LogP contribution is -2.51. The van der Waals surface area contributed by atoms with Crippen LogP contribution in [0.3, 0.4) is 0 Å². The summed E-state index contributed by atoms with van der Waals surface area (Å²) in [6.45, 7) is 9.67. The highest BCUT2D eigenvalue weighted by Crippen LogP contribution is 2.32. The Balaban J connectivity index is 3.04. The molecule has 0 amide bonds. The van der Waals surface area contributed by atoms with E-state index in [1.165, 1.54) is 0 Å². The molecule has 0 heterocycles. The van der Waals surface area contributed by atoms with E-state index < -0.39 is 13.6 Å². The minimum Gasteiger partial charge on any atom is -0.373 e. The summed E-state index contributed by atoms with van der Waals surface area (Å²) in [4.78, 5) is -0.512. The average molecular weight is 351 g/mol. The Morgan fingerprint density at radius 2 is 1.24 bits per heavy atom. The van der Waals surface area contributed by atoms with Crippen LogP contribution in [0, 0.1) is 0 Å². The number of alkyl halides is 2. The lowest BCUT2D eigenvalue weighted by molar-refractivity contribution is 0.0633. The maximum atomic E-state index is 5.95. The molecule has 0 fully saturated rings. The highest BCUT2D eigenvalue weighted by molar-refractivity contribution is 6.62. The van der Waals surface area contributed by atoms with Crippen LogP contribution < -0.4 is 0 Å². The smallest absolute Gasteiger partial charge is 0.373 e. The van der Waals surface area contributed by atoms with E-state index in [0.717, 1.165) is 11.1 Å². The quantitative estimate of drug-likeness (QED) is 0.470. The predicted molar refractivity (Wildman–Crippen MR) is 89.9 cm³/mol. The van der Waals surface area contributed by atoms with Crippen molar-refractivity contribution in [1.82, 2.24) is 0 Å². The van der Waals surface area contributed by atoms with E-state index in [-0.39, 0.29) is 5.54 Å². The zero-order valence-electron chi connectivity index (χ0n) is 13.1. The number of rotatable bonds is 9. The van der Waals surface area contributed by atoms with Gasteiger partial charge in [-0.3, -0.25) is 0 Å². The molecule has 0 aliphatic rings. The fourth-order valence-electron chi connectivity index (χ4n) is 2.24. The van der Waals surface area contributed by atoms with Crippen molar-refractivity contribution in [2.45, 2.75) is 38.1 Å². The molecule has 120 valence electrons. The van der Waals surface area contributed by atoms with Crippen molar-refractivity contribution >= 4 is 32.0 Å². The van der Waals surface area contributed by atoms with Gasteiger partial charge in [0, 0.05) is 19.8 Å². The average Bonchev–Trinajstić information content (AvgIpc) is 2.47. The highest BCUT2D eigenvalue weighted by atomic mass is 35.5. The van der Waals surface area contributed by atoms with Gasteiger partial charge in [-0.15, -0.1) is 23.2 Å². The van der Waals surface area contributed by atoms with Crippen LogP contribution in [-0.2, 0) is 13.3 Å². The molecular weight excluding hydrogens is 327 g/mol. The first kappa shape index (κ1) is 18.9. The zero-order chi connectivity index (χ0) is 15.9. The molecule has 0 radical (unpaired) electrons. The minimum atomic E-state index is -2.75. The second kappa shape index (κ2) is 9.13. The van der Waals surface area contributed by atoms with Gasteiger partial charge in [-0.2, -0.15) is 0 Å². The molecule has 0 saturated carbocycles. The number of hydrogen-bond donors (Lipinski definition) is 0. The summed E-state index contributed by atoms with van der Waals surface area (Å²) in [5.74, 6) is 0. The predicted octanol–water partition coefficient (Wildman–Crippen LogP) is 4.85. The Kier molecular flexibility index (Phi) is 8.24. The molecule has 0 aliphatic heterocycles. The molecule has 1 aromatic rings. The van der Waals surface area contributed by atoms with Crippen LogP contribution in [-0.4, -0.2) is 28.6 Å². The summed E-state index contributed by atoms with van der Waals surface area (Å²) < 4.78 is 17.8. The molecule has 3 nitrogen and oxygen atoms in total. The van der Waals surface area contributed by atoms with Gasteiger partial charge < -0.3 is 13.3 Å². The van der Waals surface area contributed by atoms with E-state index in [1.807, 2.05) is 45.0 Å². The fourth-order valence-corrected chi connectivity index (χ4v) is 5.34. The van der Waals surface area contributed by atoms with E-state index in [0.29, 0.717) is 19.8 Å². The molecule has 1 atom stereocenters. The first-order valence-electron chi connectivity index (χ1n) is 7.30. The van der Waals surface area contributed by atoms with Gasteiger partial charge in [0.2, 0.25) is 0 Å². The third-order valence-corrected chi connectivity index (χ3v) is 7.23. The number of benzene rings is 1. The van der Waals surface area contributed by atoms with Crippen LogP contribution in [0.4, 0.5) is 0 Å². The standard InChI is InChI=1S/C15H24Cl2O3Si/c1-5-18-21(19-6-2,20-7-3)12(4)13-8-10-14(11-9-13)15(16)17/h8-12,15H,5-7H2,1-4H3. The van der Waals surface area contributed by atoms with Gasteiger partial charge >= 0.3 is 8.80 Å². The summed E-state index contributed by atoms with van der Waals surface area (Å²) in [5, 5.41) is 0. The lowest BCUT2D eigenvalue weighted by Gasteiger charge is -2.33. The number of hydrogen-bond acceptors (Lipinski definition) is 3. The van der Waals surface area contributed by atoms with Crippen molar-refractivity contribution in [1.29, 1.82) is 0 Å². The molecule has 0 bridgehead atoms. The summed E-state index contributed by atoms with van der Waals surface area (Å²) >= 11 is 11.7. The third kappa shape index (κ3) is 4.95. The van der Waals surface area contributed by atoms with Gasteiger partial charge in [-0.25, -0.2) is 0 Å². The summed E-state index contributed by atoms with van der Waals surface area (Å²) in [6, 6.07) is 7.88. The first-order valence-corrected chi connectivity index (χ1v) is 9.98. The Hall–Kier alpha value is -0.103. The Bertz CT molecular complexity index is 395. The minimum absolute atomic E-state index is 0.0514. The van der Waals surface area contributed by atoms with Gasteiger partial charge in [0.1, 0.15) is 4.84 Å². The van der Waals surface area contributed by atoms with Gasteiger partial charge in [-0.05, 0) is 31.9 Å². The van der Waals surface area contributed by atoms with Crippen LogP contribution in [0.1, 0.15) is 49.2 Å². The molecular formula is C15H24Cl2O3Si. The molecule has 0 aromatic heterocycles. The molecule has 6 heteroatoms. The van der Waals surface area contributed by atoms with E-state index >= 15 is 0 Å². The summed E-state index contributed by atoms with van der Waals surface area (Å²) in [7, 11) is -2.75. The molecule has 0 N–H and O–H groups in total. The van der Waals surface area contributed by atoms with Crippen molar-refractivity contribution in [3.05, 3.63) is 35.4 Å². The van der Waals surface area contributed by atoms with Crippen molar-refractivity contribution in [2.75, 3.05) is 19.8 Å². The molecule has 1 aromatic carbocycles. The zero-order valence-corrected chi connectivity index (χ0v) is 15.6. The lowest BCUT2D eigenvalue weighted by atomic mass is 10.1. The highest BCUT2D eigenvalue weighted by Gasteiger charge is 2.47. The van der Waals surface area contributed by atoms with E-state index in [2.05, 4.69) is 6.92 Å². The molecule has 0 spiro atoms. The van der Waals surface area contributed by atoms with Gasteiger partial charge in [0.15, 0.2) is 0 Å².